The van der Waals surface area contributed by atoms with Crippen LogP contribution in [0.2, 0.25) is 0 Å². The highest BCUT2D eigenvalue weighted by molar-refractivity contribution is 5.85. The first-order valence-electron chi connectivity index (χ1n) is 3.66. The fraction of sp³-hybridized carbons (Fsp3) is 0.857. The molecule has 1 fully saturated rings. The first-order valence-corrected chi connectivity index (χ1v) is 3.66. The SMILES string of the molecule is CNC(=O)C1CC(NC)C1.Cl. The van der Waals surface area contributed by atoms with Gasteiger partial charge < -0.3 is 10.6 Å². The van der Waals surface area contributed by atoms with E-state index in [2.05, 4.69) is 10.6 Å². The van der Waals surface area contributed by atoms with Crippen molar-refractivity contribution in [3.05, 3.63) is 0 Å². The van der Waals surface area contributed by atoms with Gasteiger partial charge >= 0.3 is 0 Å². The Morgan fingerprint density at radius 2 is 1.91 bits per heavy atom. The molecule has 4 heteroatoms. The average molecular weight is 179 g/mol. The van der Waals surface area contributed by atoms with Crippen molar-refractivity contribution in [2.75, 3.05) is 14.1 Å². The molecule has 0 radical (unpaired) electrons. The van der Waals surface area contributed by atoms with Gasteiger partial charge in [0.15, 0.2) is 0 Å². The molecule has 0 aromatic rings. The van der Waals surface area contributed by atoms with Crippen LogP contribution >= 0.6 is 12.4 Å². The van der Waals surface area contributed by atoms with Gasteiger partial charge in [0.05, 0.1) is 0 Å². The number of rotatable bonds is 2. The van der Waals surface area contributed by atoms with Crippen molar-refractivity contribution in [1.29, 1.82) is 0 Å². The van der Waals surface area contributed by atoms with Gasteiger partial charge in [-0.15, -0.1) is 12.4 Å². The summed E-state index contributed by atoms with van der Waals surface area (Å²) >= 11 is 0. The van der Waals surface area contributed by atoms with Crippen molar-refractivity contribution >= 4 is 18.3 Å². The molecule has 66 valence electrons. The van der Waals surface area contributed by atoms with E-state index in [0.717, 1.165) is 12.8 Å². The third-order valence-corrected chi connectivity index (χ3v) is 2.16. The van der Waals surface area contributed by atoms with Crippen LogP contribution in [0.4, 0.5) is 0 Å². The van der Waals surface area contributed by atoms with Gasteiger partial charge in [0.1, 0.15) is 0 Å². The molecule has 2 N–H and O–H groups in total. The van der Waals surface area contributed by atoms with E-state index in [0.29, 0.717) is 6.04 Å². The summed E-state index contributed by atoms with van der Waals surface area (Å²) in [6.07, 6.45) is 1.99. The molecule has 11 heavy (non-hydrogen) atoms. The summed E-state index contributed by atoms with van der Waals surface area (Å²) in [6, 6.07) is 0.572. The quantitative estimate of drug-likeness (QED) is 0.632. The predicted octanol–water partition coefficient (Wildman–Crippen LogP) is 0.152. The Hall–Kier alpha value is -0.280. The van der Waals surface area contributed by atoms with E-state index in [4.69, 9.17) is 0 Å². The molecule has 0 aromatic carbocycles. The van der Waals surface area contributed by atoms with E-state index in [1.807, 2.05) is 7.05 Å². The van der Waals surface area contributed by atoms with Gasteiger partial charge in [-0.05, 0) is 19.9 Å². The Kier molecular flexibility index (Phi) is 4.45. The lowest BCUT2D eigenvalue weighted by Crippen LogP contribution is -2.45. The lowest BCUT2D eigenvalue weighted by atomic mass is 9.80. The number of hydrogen-bond donors (Lipinski definition) is 2. The van der Waals surface area contributed by atoms with Crippen LogP contribution in [0.3, 0.4) is 0 Å². The van der Waals surface area contributed by atoms with Crippen LogP contribution in [0.1, 0.15) is 12.8 Å². The molecule has 0 saturated heterocycles. The van der Waals surface area contributed by atoms with Crippen LogP contribution < -0.4 is 10.6 Å². The standard InChI is InChI=1S/C7H14N2O.ClH/c1-8-6-3-5(4-6)7(10)9-2;/h5-6,8H,3-4H2,1-2H3,(H,9,10);1H. The highest BCUT2D eigenvalue weighted by atomic mass is 35.5. The van der Waals surface area contributed by atoms with Crippen LogP contribution in [0.25, 0.3) is 0 Å². The summed E-state index contributed by atoms with van der Waals surface area (Å²) in [4.78, 5) is 10.9. The van der Waals surface area contributed by atoms with E-state index >= 15 is 0 Å². The van der Waals surface area contributed by atoms with Crippen LogP contribution in [-0.2, 0) is 4.79 Å². The largest absolute Gasteiger partial charge is 0.359 e. The zero-order valence-electron chi connectivity index (χ0n) is 6.89. The highest BCUT2D eigenvalue weighted by Gasteiger charge is 2.32. The second-order valence-corrected chi connectivity index (χ2v) is 2.77. The summed E-state index contributed by atoms with van der Waals surface area (Å²) in [5.41, 5.74) is 0. The van der Waals surface area contributed by atoms with Crippen molar-refractivity contribution in [2.24, 2.45) is 5.92 Å². The average Bonchev–Trinajstić information content (AvgIpc) is 1.85. The van der Waals surface area contributed by atoms with E-state index in [1.165, 1.54) is 0 Å². The molecule has 0 spiro atoms. The molecule has 0 aliphatic heterocycles. The topological polar surface area (TPSA) is 41.1 Å². The monoisotopic (exact) mass is 178 g/mol. The van der Waals surface area contributed by atoms with Crippen LogP contribution in [0.15, 0.2) is 0 Å². The number of halogens is 1. The first-order chi connectivity index (χ1) is 4.77. The van der Waals surface area contributed by atoms with Gasteiger partial charge in [0.25, 0.3) is 0 Å². The van der Waals surface area contributed by atoms with Crippen LogP contribution in [-0.4, -0.2) is 26.0 Å². The van der Waals surface area contributed by atoms with Gasteiger partial charge in [-0.25, -0.2) is 0 Å². The second kappa shape index (κ2) is 4.57. The molecule has 1 rings (SSSR count). The number of amides is 1. The minimum Gasteiger partial charge on any atom is -0.359 e. The van der Waals surface area contributed by atoms with Crippen molar-refractivity contribution < 1.29 is 4.79 Å². The maximum atomic E-state index is 10.9. The molecule has 1 aliphatic carbocycles. The lowest BCUT2D eigenvalue weighted by molar-refractivity contribution is -0.127. The molecule has 3 nitrogen and oxygen atoms in total. The van der Waals surface area contributed by atoms with Crippen molar-refractivity contribution in [3.8, 4) is 0 Å². The van der Waals surface area contributed by atoms with Crippen molar-refractivity contribution in [2.45, 2.75) is 18.9 Å². The molecule has 0 aromatic heterocycles. The number of carbonyl (C=O) groups excluding carboxylic acids is 1. The summed E-state index contributed by atoms with van der Waals surface area (Å²) < 4.78 is 0. The molecular formula is C7H15ClN2O. The maximum Gasteiger partial charge on any atom is 0.222 e. The Labute approximate surface area is 73.3 Å². The van der Waals surface area contributed by atoms with E-state index < -0.39 is 0 Å². The van der Waals surface area contributed by atoms with Gasteiger partial charge in [0.2, 0.25) is 5.91 Å². The van der Waals surface area contributed by atoms with Crippen LogP contribution in [0, 0.1) is 5.92 Å². The molecule has 1 saturated carbocycles. The molecular weight excluding hydrogens is 164 g/mol. The molecule has 0 atom stereocenters. The fourth-order valence-corrected chi connectivity index (χ4v) is 1.27. The zero-order chi connectivity index (χ0) is 7.56. The Bertz CT molecular complexity index is 134. The minimum absolute atomic E-state index is 0. The third-order valence-electron chi connectivity index (χ3n) is 2.16. The molecule has 0 bridgehead atoms. The number of hydrogen-bond acceptors (Lipinski definition) is 2. The summed E-state index contributed by atoms with van der Waals surface area (Å²) in [5, 5.41) is 5.78. The van der Waals surface area contributed by atoms with Gasteiger partial charge in [-0.2, -0.15) is 0 Å². The Morgan fingerprint density at radius 1 is 1.36 bits per heavy atom. The van der Waals surface area contributed by atoms with Crippen molar-refractivity contribution in [1.82, 2.24) is 10.6 Å². The van der Waals surface area contributed by atoms with E-state index in [1.54, 1.807) is 7.05 Å². The summed E-state index contributed by atoms with van der Waals surface area (Å²) in [6.45, 7) is 0. The van der Waals surface area contributed by atoms with Crippen molar-refractivity contribution in [3.63, 3.8) is 0 Å². The maximum absolute atomic E-state index is 10.9. The number of carbonyl (C=O) groups is 1. The Morgan fingerprint density at radius 3 is 2.27 bits per heavy atom. The van der Waals surface area contributed by atoms with Gasteiger partial charge in [-0.1, -0.05) is 0 Å². The third kappa shape index (κ3) is 2.34. The predicted molar refractivity (Wildman–Crippen MR) is 46.9 cm³/mol. The fourth-order valence-electron chi connectivity index (χ4n) is 1.27. The highest BCUT2D eigenvalue weighted by Crippen LogP contribution is 2.26. The summed E-state index contributed by atoms with van der Waals surface area (Å²) in [7, 11) is 3.62. The van der Waals surface area contributed by atoms with Gasteiger partial charge in [-0.3, -0.25) is 4.79 Å². The zero-order valence-corrected chi connectivity index (χ0v) is 7.70. The van der Waals surface area contributed by atoms with Crippen LogP contribution in [0.5, 0.6) is 0 Å². The molecule has 0 heterocycles. The van der Waals surface area contributed by atoms with Gasteiger partial charge in [0, 0.05) is 19.0 Å². The molecule has 1 aliphatic rings. The smallest absolute Gasteiger partial charge is 0.222 e. The Balaban J connectivity index is 0.000001000. The first kappa shape index (κ1) is 10.7. The lowest BCUT2D eigenvalue weighted by Gasteiger charge is -2.33. The second-order valence-electron chi connectivity index (χ2n) is 2.77. The normalized spacial score (nSPS) is 28.2. The molecule has 0 unspecified atom stereocenters. The minimum atomic E-state index is 0. The summed E-state index contributed by atoms with van der Waals surface area (Å²) in [5.74, 6) is 0.453. The number of nitrogens with one attached hydrogen (secondary N) is 2. The molecule has 1 amide bonds. The van der Waals surface area contributed by atoms with E-state index in [-0.39, 0.29) is 24.2 Å². The van der Waals surface area contributed by atoms with E-state index in [9.17, 15) is 4.79 Å².